The number of carbonyl (C=O) groups excluding carboxylic acids is 1. The highest BCUT2D eigenvalue weighted by molar-refractivity contribution is 5.74. The lowest BCUT2D eigenvalue weighted by Crippen LogP contribution is -2.35. The Hall–Kier alpha value is -2.70. The highest BCUT2D eigenvalue weighted by Crippen LogP contribution is 2.13. The van der Waals surface area contributed by atoms with Crippen molar-refractivity contribution in [3.63, 3.8) is 0 Å². The van der Waals surface area contributed by atoms with Gasteiger partial charge in [-0.3, -0.25) is 0 Å². The zero-order valence-corrected chi connectivity index (χ0v) is 12.9. The van der Waals surface area contributed by atoms with Gasteiger partial charge in [-0.15, -0.1) is 0 Å². The topological polar surface area (TPSA) is 57.3 Å². The first-order valence-corrected chi connectivity index (χ1v) is 7.04. The maximum atomic E-state index is 13.5. The van der Waals surface area contributed by atoms with Gasteiger partial charge < -0.3 is 15.5 Å². The molecule has 0 aliphatic rings. The molecule has 0 aliphatic heterocycles. The van der Waals surface area contributed by atoms with E-state index in [2.05, 4.69) is 15.6 Å². The van der Waals surface area contributed by atoms with Gasteiger partial charge in [-0.1, -0.05) is 6.07 Å². The lowest BCUT2D eigenvalue weighted by atomic mass is 10.2. The van der Waals surface area contributed by atoms with Crippen LogP contribution >= 0.6 is 0 Å². The average Bonchev–Trinajstić information content (AvgIpc) is 2.54. The standard InChI is InChI=1S/C16H18F2N4O/c1-22(2)15-11(4-3-7-19-15)9-20-16(23)21-10-12-8-13(17)5-6-14(12)18/h3-8H,9-10H2,1-2H3,(H2,20,21,23). The van der Waals surface area contributed by atoms with Crippen molar-refractivity contribution in [1.29, 1.82) is 0 Å². The zero-order chi connectivity index (χ0) is 16.8. The molecule has 122 valence electrons. The number of amides is 2. The van der Waals surface area contributed by atoms with Crippen molar-refractivity contribution in [1.82, 2.24) is 15.6 Å². The number of anilines is 1. The molecule has 0 saturated heterocycles. The molecular formula is C16H18F2N4O. The van der Waals surface area contributed by atoms with Crippen LogP contribution in [0.1, 0.15) is 11.1 Å². The molecule has 0 unspecified atom stereocenters. The van der Waals surface area contributed by atoms with Gasteiger partial charge in [0, 0.05) is 44.5 Å². The van der Waals surface area contributed by atoms with E-state index in [1.54, 1.807) is 12.3 Å². The Morgan fingerprint density at radius 3 is 2.52 bits per heavy atom. The summed E-state index contributed by atoms with van der Waals surface area (Å²) < 4.78 is 26.5. The van der Waals surface area contributed by atoms with E-state index in [9.17, 15) is 13.6 Å². The number of nitrogens with one attached hydrogen (secondary N) is 2. The van der Waals surface area contributed by atoms with Crippen LogP contribution in [-0.2, 0) is 13.1 Å². The van der Waals surface area contributed by atoms with Gasteiger partial charge in [-0.05, 0) is 24.3 Å². The molecule has 1 aromatic carbocycles. The van der Waals surface area contributed by atoms with Crippen molar-refractivity contribution in [2.75, 3.05) is 19.0 Å². The third kappa shape index (κ3) is 4.64. The zero-order valence-electron chi connectivity index (χ0n) is 12.9. The van der Waals surface area contributed by atoms with Gasteiger partial charge in [0.1, 0.15) is 17.5 Å². The first-order chi connectivity index (χ1) is 11.0. The predicted octanol–water partition coefficient (Wildman–Crippen LogP) is 2.43. The number of halogens is 2. The number of rotatable bonds is 5. The molecule has 0 saturated carbocycles. The number of aromatic nitrogens is 1. The summed E-state index contributed by atoms with van der Waals surface area (Å²) >= 11 is 0. The van der Waals surface area contributed by atoms with Crippen molar-refractivity contribution < 1.29 is 13.6 Å². The first-order valence-electron chi connectivity index (χ1n) is 7.04. The molecule has 23 heavy (non-hydrogen) atoms. The van der Waals surface area contributed by atoms with Crippen LogP contribution in [0.3, 0.4) is 0 Å². The van der Waals surface area contributed by atoms with Crippen LogP contribution in [0.4, 0.5) is 19.4 Å². The second-order valence-electron chi connectivity index (χ2n) is 5.15. The Balaban J connectivity index is 1.90. The Morgan fingerprint density at radius 2 is 1.83 bits per heavy atom. The number of benzene rings is 1. The van der Waals surface area contributed by atoms with Crippen molar-refractivity contribution in [3.05, 3.63) is 59.3 Å². The minimum Gasteiger partial charge on any atom is -0.362 e. The third-order valence-electron chi connectivity index (χ3n) is 3.18. The number of hydrogen-bond donors (Lipinski definition) is 2. The maximum Gasteiger partial charge on any atom is 0.315 e. The molecule has 5 nitrogen and oxygen atoms in total. The van der Waals surface area contributed by atoms with E-state index >= 15 is 0 Å². The van der Waals surface area contributed by atoms with E-state index < -0.39 is 17.7 Å². The van der Waals surface area contributed by atoms with Gasteiger partial charge >= 0.3 is 6.03 Å². The van der Waals surface area contributed by atoms with Gasteiger partial charge in [0.15, 0.2) is 0 Å². The summed E-state index contributed by atoms with van der Waals surface area (Å²) in [6, 6.07) is 6.29. The number of nitrogens with zero attached hydrogens (tertiary/aromatic N) is 2. The van der Waals surface area contributed by atoms with Crippen molar-refractivity contribution >= 4 is 11.8 Å². The molecule has 0 atom stereocenters. The predicted molar refractivity (Wildman–Crippen MR) is 84.0 cm³/mol. The minimum absolute atomic E-state index is 0.0931. The molecule has 0 aliphatic carbocycles. The quantitative estimate of drug-likeness (QED) is 0.889. The molecule has 1 aromatic heterocycles. The average molecular weight is 320 g/mol. The van der Waals surface area contributed by atoms with E-state index in [1.807, 2.05) is 25.1 Å². The number of pyridine rings is 1. The van der Waals surface area contributed by atoms with Crippen LogP contribution < -0.4 is 15.5 Å². The van der Waals surface area contributed by atoms with Crippen LogP contribution in [0.2, 0.25) is 0 Å². The Labute approximate surface area is 133 Å². The number of hydrogen-bond acceptors (Lipinski definition) is 3. The Bertz CT molecular complexity index is 692. The fourth-order valence-electron chi connectivity index (χ4n) is 2.06. The van der Waals surface area contributed by atoms with Crippen molar-refractivity contribution in [2.24, 2.45) is 0 Å². The van der Waals surface area contributed by atoms with Gasteiger partial charge in [0.25, 0.3) is 0 Å². The molecular weight excluding hydrogens is 302 g/mol. The monoisotopic (exact) mass is 320 g/mol. The molecule has 0 bridgehead atoms. The van der Waals surface area contributed by atoms with Crippen LogP contribution in [0.5, 0.6) is 0 Å². The van der Waals surface area contributed by atoms with Crippen LogP contribution in [-0.4, -0.2) is 25.1 Å². The highest BCUT2D eigenvalue weighted by Gasteiger charge is 2.09. The molecule has 1 heterocycles. The molecule has 2 amide bonds. The molecule has 2 aromatic rings. The van der Waals surface area contributed by atoms with Crippen LogP contribution in [0.15, 0.2) is 36.5 Å². The fourth-order valence-corrected chi connectivity index (χ4v) is 2.06. The molecule has 2 N–H and O–H groups in total. The number of urea groups is 1. The van der Waals surface area contributed by atoms with Gasteiger partial charge in [-0.2, -0.15) is 0 Å². The molecule has 0 spiro atoms. The highest BCUT2D eigenvalue weighted by atomic mass is 19.1. The third-order valence-corrected chi connectivity index (χ3v) is 3.18. The smallest absolute Gasteiger partial charge is 0.315 e. The molecule has 0 fully saturated rings. The first kappa shape index (κ1) is 16.7. The lowest BCUT2D eigenvalue weighted by molar-refractivity contribution is 0.240. The SMILES string of the molecule is CN(C)c1ncccc1CNC(=O)NCc1cc(F)ccc1F. The lowest BCUT2D eigenvalue weighted by Gasteiger charge is -2.16. The van der Waals surface area contributed by atoms with Gasteiger partial charge in [0.05, 0.1) is 0 Å². The van der Waals surface area contributed by atoms with E-state index in [-0.39, 0.29) is 18.7 Å². The fraction of sp³-hybridized carbons (Fsp3) is 0.250. The Kier molecular flexibility index (Phi) is 5.46. The largest absolute Gasteiger partial charge is 0.362 e. The van der Waals surface area contributed by atoms with Crippen molar-refractivity contribution in [3.8, 4) is 0 Å². The van der Waals surface area contributed by atoms with E-state index in [1.165, 1.54) is 0 Å². The molecule has 7 heteroatoms. The summed E-state index contributed by atoms with van der Waals surface area (Å²) in [6.07, 6.45) is 1.67. The molecule has 2 rings (SSSR count). The van der Waals surface area contributed by atoms with E-state index in [0.29, 0.717) is 0 Å². The van der Waals surface area contributed by atoms with Gasteiger partial charge in [0.2, 0.25) is 0 Å². The summed E-state index contributed by atoms with van der Waals surface area (Å²) in [5.41, 5.74) is 0.945. The number of carbonyl (C=O) groups is 1. The summed E-state index contributed by atoms with van der Waals surface area (Å²) in [4.78, 5) is 17.9. The second-order valence-corrected chi connectivity index (χ2v) is 5.15. The normalized spacial score (nSPS) is 10.3. The van der Waals surface area contributed by atoms with E-state index in [4.69, 9.17) is 0 Å². The van der Waals surface area contributed by atoms with Gasteiger partial charge in [-0.25, -0.2) is 18.6 Å². The summed E-state index contributed by atoms with van der Waals surface area (Å²) in [7, 11) is 3.72. The Morgan fingerprint density at radius 1 is 1.13 bits per heavy atom. The summed E-state index contributed by atoms with van der Waals surface area (Å²) in [5.74, 6) is -0.354. The summed E-state index contributed by atoms with van der Waals surface area (Å²) in [5, 5.41) is 5.16. The maximum absolute atomic E-state index is 13.5. The molecule has 0 radical (unpaired) electrons. The summed E-state index contributed by atoms with van der Waals surface area (Å²) in [6.45, 7) is 0.182. The van der Waals surface area contributed by atoms with Crippen LogP contribution in [0, 0.1) is 11.6 Å². The van der Waals surface area contributed by atoms with Crippen molar-refractivity contribution in [2.45, 2.75) is 13.1 Å². The second kappa shape index (κ2) is 7.53. The van der Waals surface area contributed by atoms with E-state index in [0.717, 1.165) is 29.6 Å². The van der Waals surface area contributed by atoms with Crippen LogP contribution in [0.25, 0.3) is 0 Å². The minimum atomic E-state index is -0.561.